The van der Waals surface area contributed by atoms with E-state index in [4.69, 9.17) is 0 Å². The van der Waals surface area contributed by atoms with Gasteiger partial charge in [-0.25, -0.2) is 8.42 Å². The lowest BCUT2D eigenvalue weighted by molar-refractivity contribution is 0.607. The van der Waals surface area contributed by atoms with E-state index in [9.17, 15) is 8.42 Å². The summed E-state index contributed by atoms with van der Waals surface area (Å²) in [5, 5.41) is 3.27. The highest BCUT2D eigenvalue weighted by Gasteiger charge is 2.07. The summed E-state index contributed by atoms with van der Waals surface area (Å²) in [5.74, 6) is 0. The molecule has 108 valence electrons. The van der Waals surface area contributed by atoms with Gasteiger partial charge in [-0.15, -0.1) is 11.3 Å². The fourth-order valence-electron chi connectivity index (χ4n) is 1.82. The van der Waals surface area contributed by atoms with Crippen LogP contribution in [0.2, 0.25) is 0 Å². The molecule has 0 saturated heterocycles. The topological polar surface area (TPSA) is 58.2 Å². The molecule has 1 aromatic heterocycles. The molecule has 0 saturated carbocycles. The Hall–Kier alpha value is -1.53. The monoisotopic (exact) mass is 310 g/mol. The second-order valence-corrected chi connectivity index (χ2v) is 7.50. The maximum Gasteiger partial charge on any atom is 0.229 e. The molecule has 2 rings (SSSR count). The number of hydrogen-bond acceptors (Lipinski definition) is 4. The minimum atomic E-state index is -3.27. The SMILES string of the molecule is CCc1ccc(CNc2ccccc2NS(C)(=O)=O)s1. The molecule has 0 spiro atoms. The van der Waals surface area contributed by atoms with Gasteiger partial charge in [-0.2, -0.15) is 0 Å². The summed E-state index contributed by atoms with van der Waals surface area (Å²) in [6.07, 6.45) is 2.19. The first-order valence-corrected chi connectivity index (χ1v) is 9.07. The Morgan fingerprint density at radius 2 is 1.70 bits per heavy atom. The molecule has 1 heterocycles. The van der Waals surface area contributed by atoms with Crippen LogP contribution in [-0.2, 0) is 23.0 Å². The molecule has 0 radical (unpaired) electrons. The lowest BCUT2D eigenvalue weighted by atomic mass is 10.2. The van der Waals surface area contributed by atoms with Crippen molar-refractivity contribution in [3.8, 4) is 0 Å². The van der Waals surface area contributed by atoms with Gasteiger partial charge in [0.25, 0.3) is 0 Å². The van der Waals surface area contributed by atoms with E-state index >= 15 is 0 Å². The van der Waals surface area contributed by atoms with Gasteiger partial charge < -0.3 is 5.32 Å². The van der Waals surface area contributed by atoms with Crippen LogP contribution in [0.15, 0.2) is 36.4 Å². The normalized spacial score (nSPS) is 11.3. The largest absolute Gasteiger partial charge is 0.378 e. The highest BCUT2D eigenvalue weighted by molar-refractivity contribution is 7.92. The summed E-state index contributed by atoms with van der Waals surface area (Å²) in [6.45, 7) is 2.82. The van der Waals surface area contributed by atoms with Crippen LogP contribution in [0.3, 0.4) is 0 Å². The van der Waals surface area contributed by atoms with Crippen molar-refractivity contribution in [2.75, 3.05) is 16.3 Å². The average molecular weight is 310 g/mol. The van der Waals surface area contributed by atoms with Crippen LogP contribution in [0.4, 0.5) is 11.4 Å². The maximum absolute atomic E-state index is 11.3. The van der Waals surface area contributed by atoms with E-state index in [1.165, 1.54) is 9.75 Å². The molecule has 1 aromatic carbocycles. The van der Waals surface area contributed by atoms with Gasteiger partial charge in [0, 0.05) is 16.3 Å². The molecule has 0 aliphatic rings. The summed E-state index contributed by atoms with van der Waals surface area (Å²) >= 11 is 1.77. The molecule has 0 aliphatic carbocycles. The van der Waals surface area contributed by atoms with Crippen molar-refractivity contribution in [3.05, 3.63) is 46.2 Å². The summed E-state index contributed by atoms with van der Waals surface area (Å²) < 4.78 is 25.2. The van der Waals surface area contributed by atoms with Gasteiger partial charge in [0.05, 0.1) is 17.6 Å². The van der Waals surface area contributed by atoms with Gasteiger partial charge in [0.15, 0.2) is 0 Å². The van der Waals surface area contributed by atoms with Crippen molar-refractivity contribution in [1.82, 2.24) is 0 Å². The number of anilines is 2. The first kappa shape index (κ1) is 14.9. The van der Waals surface area contributed by atoms with Gasteiger partial charge in [-0.05, 0) is 30.7 Å². The van der Waals surface area contributed by atoms with Crippen molar-refractivity contribution in [1.29, 1.82) is 0 Å². The molecule has 0 bridgehead atoms. The molecule has 2 N–H and O–H groups in total. The van der Waals surface area contributed by atoms with Gasteiger partial charge in [-0.3, -0.25) is 4.72 Å². The number of hydrogen-bond donors (Lipinski definition) is 2. The third kappa shape index (κ3) is 4.25. The number of rotatable bonds is 6. The fraction of sp³-hybridized carbons (Fsp3) is 0.286. The van der Waals surface area contributed by atoms with Crippen molar-refractivity contribution in [3.63, 3.8) is 0 Å². The minimum Gasteiger partial charge on any atom is -0.378 e. The predicted octanol–water partition coefficient (Wildman–Crippen LogP) is 3.29. The summed E-state index contributed by atoms with van der Waals surface area (Å²) in [6, 6.07) is 11.5. The van der Waals surface area contributed by atoms with Crippen molar-refractivity contribution in [2.24, 2.45) is 0 Å². The summed E-state index contributed by atoms with van der Waals surface area (Å²) in [5.41, 5.74) is 1.35. The van der Waals surface area contributed by atoms with E-state index in [1.54, 1.807) is 23.5 Å². The van der Waals surface area contributed by atoms with Gasteiger partial charge in [0.1, 0.15) is 0 Å². The smallest absolute Gasteiger partial charge is 0.229 e. The van der Waals surface area contributed by atoms with Gasteiger partial charge in [0.2, 0.25) is 10.0 Å². The molecule has 6 heteroatoms. The Kier molecular flexibility index (Phi) is 4.67. The number of benzene rings is 1. The third-order valence-corrected chi connectivity index (χ3v) is 4.56. The number of sulfonamides is 1. The lowest BCUT2D eigenvalue weighted by Gasteiger charge is -2.12. The molecular formula is C14H18N2O2S2. The van der Waals surface area contributed by atoms with E-state index in [0.717, 1.165) is 18.4 Å². The van der Waals surface area contributed by atoms with Crippen LogP contribution < -0.4 is 10.0 Å². The van der Waals surface area contributed by atoms with Crippen LogP contribution in [-0.4, -0.2) is 14.7 Å². The predicted molar refractivity (Wildman–Crippen MR) is 85.9 cm³/mol. The Bertz CT molecular complexity index is 678. The highest BCUT2D eigenvalue weighted by Crippen LogP contribution is 2.24. The van der Waals surface area contributed by atoms with Crippen LogP contribution in [0, 0.1) is 0 Å². The lowest BCUT2D eigenvalue weighted by Crippen LogP contribution is -2.11. The second kappa shape index (κ2) is 6.28. The molecule has 20 heavy (non-hydrogen) atoms. The zero-order chi connectivity index (χ0) is 14.6. The van der Waals surface area contributed by atoms with Crippen molar-refractivity contribution < 1.29 is 8.42 Å². The number of thiophene rings is 1. The Morgan fingerprint density at radius 1 is 1.05 bits per heavy atom. The molecule has 0 atom stereocenters. The van der Waals surface area contributed by atoms with E-state index in [-0.39, 0.29) is 0 Å². The zero-order valence-electron chi connectivity index (χ0n) is 11.5. The standard InChI is InChI=1S/C14H18N2O2S2/c1-3-11-8-9-12(19-11)10-15-13-6-4-5-7-14(13)16-20(2,17)18/h4-9,15-16H,3,10H2,1-2H3. The van der Waals surface area contributed by atoms with Crippen LogP contribution in [0.1, 0.15) is 16.7 Å². The Labute approximate surface area is 123 Å². The Balaban J connectivity index is 2.09. The molecule has 2 aromatic rings. The summed E-state index contributed by atoms with van der Waals surface area (Å²) in [4.78, 5) is 2.58. The van der Waals surface area contributed by atoms with E-state index < -0.39 is 10.0 Å². The maximum atomic E-state index is 11.3. The number of nitrogens with one attached hydrogen (secondary N) is 2. The van der Waals surface area contributed by atoms with E-state index in [2.05, 4.69) is 29.1 Å². The van der Waals surface area contributed by atoms with Crippen molar-refractivity contribution in [2.45, 2.75) is 19.9 Å². The first-order chi connectivity index (χ1) is 9.48. The van der Waals surface area contributed by atoms with Crippen LogP contribution in [0.25, 0.3) is 0 Å². The summed E-state index contributed by atoms with van der Waals surface area (Å²) in [7, 11) is -3.27. The fourth-order valence-corrected chi connectivity index (χ4v) is 3.29. The van der Waals surface area contributed by atoms with Crippen LogP contribution in [0.5, 0.6) is 0 Å². The first-order valence-electron chi connectivity index (χ1n) is 6.36. The van der Waals surface area contributed by atoms with E-state index in [1.807, 2.05) is 12.1 Å². The number of aryl methyl sites for hydroxylation is 1. The third-order valence-electron chi connectivity index (χ3n) is 2.74. The van der Waals surface area contributed by atoms with Crippen molar-refractivity contribution >= 4 is 32.7 Å². The molecule has 4 nitrogen and oxygen atoms in total. The molecule has 0 unspecified atom stereocenters. The second-order valence-electron chi connectivity index (χ2n) is 4.49. The minimum absolute atomic E-state index is 0.572. The quantitative estimate of drug-likeness (QED) is 0.860. The molecular weight excluding hydrogens is 292 g/mol. The average Bonchev–Trinajstić information content (AvgIpc) is 2.84. The molecule has 0 fully saturated rings. The zero-order valence-corrected chi connectivity index (χ0v) is 13.1. The van der Waals surface area contributed by atoms with Gasteiger partial charge >= 0.3 is 0 Å². The molecule has 0 aliphatic heterocycles. The van der Waals surface area contributed by atoms with Crippen LogP contribution >= 0.6 is 11.3 Å². The molecule has 0 amide bonds. The number of para-hydroxylation sites is 2. The van der Waals surface area contributed by atoms with Gasteiger partial charge in [-0.1, -0.05) is 19.1 Å². The highest BCUT2D eigenvalue weighted by atomic mass is 32.2. The van der Waals surface area contributed by atoms with E-state index in [0.29, 0.717) is 12.2 Å². The Morgan fingerprint density at radius 3 is 2.30 bits per heavy atom.